The van der Waals surface area contributed by atoms with Gasteiger partial charge in [0.25, 0.3) is 0 Å². The maximum atomic E-state index is 15.1. The van der Waals surface area contributed by atoms with Gasteiger partial charge in [-0.15, -0.1) is 6.58 Å². The quantitative estimate of drug-likeness (QED) is 0.206. The Bertz CT molecular complexity index is 1260. The molecule has 3 aromatic carbocycles. The highest BCUT2D eigenvalue weighted by Gasteiger charge is 2.12. The van der Waals surface area contributed by atoms with Gasteiger partial charge in [0.1, 0.15) is 22.5 Å². The Hall–Kier alpha value is -3.11. The van der Waals surface area contributed by atoms with Gasteiger partial charge in [0.2, 0.25) is 0 Å². The zero-order valence-electron chi connectivity index (χ0n) is 17.3. The second-order valence-electron chi connectivity index (χ2n) is 7.73. The van der Waals surface area contributed by atoms with Crippen LogP contribution in [-0.2, 0) is 19.3 Å². The van der Waals surface area contributed by atoms with Gasteiger partial charge in [-0.25, -0.2) is 13.2 Å². The first-order valence-corrected chi connectivity index (χ1v) is 10.7. The molecule has 0 amide bonds. The minimum atomic E-state index is -0.810. The molecule has 5 heteroatoms. The zero-order valence-corrected chi connectivity index (χ0v) is 18.1. The normalized spacial score (nSPS) is 11.1. The second-order valence-corrected chi connectivity index (χ2v) is 8.11. The van der Waals surface area contributed by atoms with Crippen LogP contribution in [0.25, 0.3) is 22.0 Å². The van der Waals surface area contributed by atoms with E-state index in [2.05, 4.69) is 11.6 Å². The Kier molecular flexibility index (Phi) is 6.61. The van der Waals surface area contributed by atoms with Crippen LogP contribution < -0.4 is 0 Å². The van der Waals surface area contributed by atoms with E-state index >= 15 is 4.39 Å². The third kappa shape index (κ3) is 4.71. The van der Waals surface area contributed by atoms with Crippen LogP contribution in [0.2, 0.25) is 5.02 Å². The van der Waals surface area contributed by atoms with Gasteiger partial charge in [0.15, 0.2) is 0 Å². The van der Waals surface area contributed by atoms with Gasteiger partial charge in [-0.3, -0.25) is 4.98 Å². The van der Waals surface area contributed by atoms with Crippen molar-refractivity contribution >= 4 is 22.4 Å². The molecular weight excluding hydrogens is 431 g/mol. The predicted octanol–water partition coefficient (Wildman–Crippen LogP) is 7.88. The van der Waals surface area contributed by atoms with Crippen molar-refractivity contribution in [3.05, 3.63) is 113 Å². The van der Waals surface area contributed by atoms with Crippen molar-refractivity contribution in [1.82, 2.24) is 4.98 Å². The molecule has 0 radical (unpaired) electrons. The number of halogens is 4. The summed E-state index contributed by atoms with van der Waals surface area (Å²) in [6, 6.07) is 15.5. The maximum absolute atomic E-state index is 15.1. The molecule has 1 aromatic heterocycles. The third-order valence-electron chi connectivity index (χ3n) is 5.52. The SMILES string of the molecule is C=CCCc1ccc(-c2ccc3c(F)c(CCc4cc(F)c(Cl)c(F)c4)ccc3c2)nc1. The van der Waals surface area contributed by atoms with Crippen LogP contribution in [0.4, 0.5) is 13.2 Å². The first-order chi connectivity index (χ1) is 15.5. The number of nitrogens with zero attached hydrogens (tertiary/aromatic N) is 1. The number of hydrogen-bond acceptors (Lipinski definition) is 1. The van der Waals surface area contributed by atoms with E-state index in [0.29, 0.717) is 29.4 Å². The van der Waals surface area contributed by atoms with Gasteiger partial charge < -0.3 is 0 Å². The molecule has 0 unspecified atom stereocenters. The summed E-state index contributed by atoms with van der Waals surface area (Å²) in [6.07, 6.45) is 6.16. The van der Waals surface area contributed by atoms with Gasteiger partial charge in [-0.05, 0) is 72.0 Å². The van der Waals surface area contributed by atoms with Crippen molar-refractivity contribution in [2.45, 2.75) is 25.7 Å². The van der Waals surface area contributed by atoms with Crippen molar-refractivity contribution in [3.63, 3.8) is 0 Å². The average Bonchev–Trinajstić information content (AvgIpc) is 2.81. The molecule has 0 saturated heterocycles. The molecule has 32 heavy (non-hydrogen) atoms. The van der Waals surface area contributed by atoms with Crippen molar-refractivity contribution in [1.29, 1.82) is 0 Å². The van der Waals surface area contributed by atoms with Gasteiger partial charge in [0.05, 0.1) is 5.69 Å². The summed E-state index contributed by atoms with van der Waals surface area (Å²) in [5, 5.41) is 0.745. The first-order valence-electron chi connectivity index (χ1n) is 10.4. The molecule has 1 heterocycles. The standard InChI is InChI=1S/C27H21ClF3N/c1-2-3-4-17-6-12-25(32-16-17)21-10-11-22-20(15-21)9-8-19(27(22)31)7-5-18-13-23(29)26(28)24(30)14-18/h2,6,8-16H,1,3-5,7H2. The predicted molar refractivity (Wildman–Crippen MR) is 124 cm³/mol. The molecule has 4 rings (SSSR count). The second kappa shape index (κ2) is 9.58. The fourth-order valence-electron chi connectivity index (χ4n) is 3.73. The molecule has 0 fully saturated rings. The van der Waals surface area contributed by atoms with Crippen molar-refractivity contribution < 1.29 is 13.2 Å². The summed E-state index contributed by atoms with van der Waals surface area (Å²) < 4.78 is 42.4. The van der Waals surface area contributed by atoms with E-state index in [1.807, 2.05) is 42.6 Å². The van der Waals surface area contributed by atoms with Crippen LogP contribution >= 0.6 is 11.6 Å². The summed E-state index contributed by atoms with van der Waals surface area (Å²) in [4.78, 5) is 4.53. The number of rotatable bonds is 7. The van der Waals surface area contributed by atoms with Crippen molar-refractivity contribution in [3.8, 4) is 11.3 Å². The molecule has 0 bridgehead atoms. The number of aryl methyl sites for hydroxylation is 3. The summed E-state index contributed by atoms with van der Waals surface area (Å²) in [7, 11) is 0. The minimum absolute atomic E-state index is 0.299. The highest BCUT2D eigenvalue weighted by atomic mass is 35.5. The number of allylic oxidation sites excluding steroid dienone is 1. The van der Waals surface area contributed by atoms with E-state index < -0.39 is 16.7 Å². The number of aromatic nitrogens is 1. The molecule has 0 atom stereocenters. The Morgan fingerprint density at radius 3 is 2.31 bits per heavy atom. The molecule has 4 aromatic rings. The van der Waals surface area contributed by atoms with Crippen LogP contribution in [0.1, 0.15) is 23.1 Å². The van der Waals surface area contributed by atoms with Gasteiger partial charge in [0, 0.05) is 17.1 Å². The maximum Gasteiger partial charge on any atom is 0.145 e. The Morgan fingerprint density at radius 1 is 0.844 bits per heavy atom. The largest absolute Gasteiger partial charge is 0.256 e. The fourth-order valence-corrected chi connectivity index (χ4v) is 3.84. The van der Waals surface area contributed by atoms with Gasteiger partial charge in [-0.2, -0.15) is 0 Å². The summed E-state index contributed by atoms with van der Waals surface area (Å²) in [5.74, 6) is -1.94. The fraction of sp³-hybridized carbons (Fsp3) is 0.148. The van der Waals surface area contributed by atoms with Crippen LogP contribution in [0, 0.1) is 17.5 Å². The van der Waals surface area contributed by atoms with Gasteiger partial charge >= 0.3 is 0 Å². The van der Waals surface area contributed by atoms with E-state index in [0.717, 1.165) is 35.0 Å². The van der Waals surface area contributed by atoms with E-state index in [1.54, 1.807) is 12.1 Å². The lowest BCUT2D eigenvalue weighted by Crippen LogP contribution is -1.98. The van der Waals surface area contributed by atoms with Crippen LogP contribution in [0.5, 0.6) is 0 Å². The summed E-state index contributed by atoms with van der Waals surface area (Å²) >= 11 is 5.52. The lowest BCUT2D eigenvalue weighted by molar-refractivity contribution is 0.579. The van der Waals surface area contributed by atoms with E-state index in [4.69, 9.17) is 11.6 Å². The summed E-state index contributed by atoms with van der Waals surface area (Å²) in [5.41, 5.74) is 3.80. The third-order valence-corrected chi connectivity index (χ3v) is 5.88. The van der Waals surface area contributed by atoms with E-state index in [1.165, 1.54) is 12.1 Å². The number of hydrogen-bond donors (Lipinski definition) is 0. The molecular formula is C27H21ClF3N. The van der Waals surface area contributed by atoms with E-state index in [-0.39, 0.29) is 5.82 Å². The highest BCUT2D eigenvalue weighted by Crippen LogP contribution is 2.28. The molecule has 0 N–H and O–H groups in total. The van der Waals surface area contributed by atoms with Crippen molar-refractivity contribution in [2.75, 3.05) is 0 Å². The topological polar surface area (TPSA) is 12.9 Å². The smallest absolute Gasteiger partial charge is 0.145 e. The molecule has 0 saturated carbocycles. The molecule has 0 spiro atoms. The first kappa shape index (κ1) is 22.1. The number of benzene rings is 3. The average molecular weight is 452 g/mol. The Morgan fingerprint density at radius 2 is 1.62 bits per heavy atom. The molecule has 0 aliphatic carbocycles. The lowest BCUT2D eigenvalue weighted by atomic mass is 9.98. The van der Waals surface area contributed by atoms with Crippen molar-refractivity contribution in [2.24, 2.45) is 0 Å². The molecule has 162 valence electrons. The molecule has 0 aliphatic heterocycles. The summed E-state index contributed by atoms with van der Waals surface area (Å²) in [6.45, 7) is 3.73. The van der Waals surface area contributed by atoms with Gasteiger partial charge in [-0.1, -0.05) is 48.0 Å². The lowest BCUT2D eigenvalue weighted by Gasteiger charge is -2.10. The van der Waals surface area contributed by atoms with Crippen LogP contribution in [-0.4, -0.2) is 4.98 Å². The van der Waals surface area contributed by atoms with Crippen LogP contribution in [0.15, 0.2) is 73.4 Å². The zero-order chi connectivity index (χ0) is 22.7. The molecule has 1 nitrogen and oxygen atoms in total. The Labute approximate surface area is 190 Å². The number of pyridine rings is 1. The van der Waals surface area contributed by atoms with Crippen LogP contribution in [0.3, 0.4) is 0 Å². The Balaban J connectivity index is 1.55. The highest BCUT2D eigenvalue weighted by molar-refractivity contribution is 6.30. The molecule has 0 aliphatic rings. The van der Waals surface area contributed by atoms with E-state index in [9.17, 15) is 8.78 Å². The minimum Gasteiger partial charge on any atom is -0.256 e. The monoisotopic (exact) mass is 451 g/mol. The number of fused-ring (bicyclic) bond motifs is 1.